The Morgan fingerprint density at radius 2 is 2.18 bits per heavy atom. The highest BCUT2D eigenvalue weighted by Crippen LogP contribution is 2.05. The summed E-state index contributed by atoms with van der Waals surface area (Å²) in [4.78, 5) is 14.6. The molecule has 0 rings (SSSR count). The van der Waals surface area contributed by atoms with Crippen molar-refractivity contribution in [3.8, 4) is 0 Å². The molecule has 60 valence electrons. The smallest absolute Gasteiger partial charge is 0.269 e. The summed E-state index contributed by atoms with van der Waals surface area (Å²) in [7, 11) is 1.55. The molecular formula is C8H12N2O. The Morgan fingerprint density at radius 3 is 2.45 bits per heavy atom. The average Bonchev–Trinajstić information content (AvgIpc) is 2.05. The zero-order chi connectivity index (χ0) is 8.85. The van der Waals surface area contributed by atoms with E-state index in [1.54, 1.807) is 20.0 Å². The number of aliphatic imine (C=N–C) groups is 1. The van der Waals surface area contributed by atoms with Gasteiger partial charge in [-0.2, -0.15) is 0 Å². The van der Waals surface area contributed by atoms with E-state index in [9.17, 15) is 4.79 Å². The van der Waals surface area contributed by atoms with Crippen molar-refractivity contribution >= 4 is 12.6 Å². The largest absolute Gasteiger partial charge is 0.354 e. The molecule has 1 amide bonds. The van der Waals surface area contributed by atoms with Gasteiger partial charge in [0.2, 0.25) is 0 Å². The van der Waals surface area contributed by atoms with Crippen molar-refractivity contribution in [1.82, 2.24) is 5.32 Å². The summed E-state index contributed by atoms with van der Waals surface area (Å²) in [5.74, 6) is -0.239. The molecule has 0 fully saturated rings. The van der Waals surface area contributed by atoms with Gasteiger partial charge in [-0.15, -0.1) is 0 Å². The lowest BCUT2D eigenvalue weighted by molar-refractivity contribution is -0.117. The Morgan fingerprint density at radius 1 is 1.64 bits per heavy atom. The zero-order valence-electron chi connectivity index (χ0n) is 6.85. The quantitative estimate of drug-likeness (QED) is 0.364. The van der Waals surface area contributed by atoms with Crippen LogP contribution in [0.3, 0.4) is 0 Å². The van der Waals surface area contributed by atoms with Gasteiger partial charge in [0.1, 0.15) is 5.70 Å². The first kappa shape index (κ1) is 9.62. The molecule has 0 aliphatic rings. The molecule has 0 aromatic carbocycles. The first-order valence-electron chi connectivity index (χ1n) is 3.19. The second-order valence-corrected chi connectivity index (χ2v) is 1.97. The van der Waals surface area contributed by atoms with E-state index in [4.69, 9.17) is 0 Å². The summed E-state index contributed by atoms with van der Waals surface area (Å²) in [6.07, 6.45) is 1.57. The van der Waals surface area contributed by atoms with Gasteiger partial charge in [0.25, 0.3) is 5.91 Å². The maximum Gasteiger partial charge on any atom is 0.269 e. The molecule has 0 saturated heterocycles. The fraction of sp³-hybridized carbons (Fsp3) is 0.250. The Hall–Kier alpha value is -1.38. The number of allylic oxidation sites excluding steroid dienone is 2. The molecule has 1 N–H and O–H groups in total. The molecule has 3 heteroatoms. The molecule has 0 saturated carbocycles. The standard InChI is InChI=1S/C8H12N2O/c1-5-6(2)7(9-3)8(11)10-4/h5H,1,3H2,2,4H3,(H,10,11)/b7-6-. The number of carbonyl (C=O) groups excluding carboxylic acids is 1. The zero-order valence-corrected chi connectivity index (χ0v) is 6.85. The number of nitrogens with zero attached hydrogens (tertiary/aromatic N) is 1. The molecule has 3 nitrogen and oxygen atoms in total. The number of amides is 1. The minimum atomic E-state index is -0.239. The van der Waals surface area contributed by atoms with Crippen molar-refractivity contribution in [1.29, 1.82) is 0 Å². The van der Waals surface area contributed by atoms with Gasteiger partial charge < -0.3 is 5.32 Å². The molecule has 11 heavy (non-hydrogen) atoms. The second-order valence-electron chi connectivity index (χ2n) is 1.97. The van der Waals surface area contributed by atoms with Crippen LogP contribution in [0.15, 0.2) is 28.9 Å². The van der Waals surface area contributed by atoms with Gasteiger partial charge in [-0.1, -0.05) is 12.7 Å². The van der Waals surface area contributed by atoms with Crippen molar-refractivity contribution in [2.24, 2.45) is 4.99 Å². The number of likely N-dealkylation sites (N-methyl/N-ethyl adjacent to an activating group) is 1. The van der Waals surface area contributed by atoms with Crippen LogP contribution in [0.1, 0.15) is 6.92 Å². The Bertz CT molecular complexity index is 216. The van der Waals surface area contributed by atoms with E-state index < -0.39 is 0 Å². The van der Waals surface area contributed by atoms with Crippen LogP contribution in [0.4, 0.5) is 0 Å². The van der Waals surface area contributed by atoms with Crippen LogP contribution in [0.2, 0.25) is 0 Å². The van der Waals surface area contributed by atoms with Gasteiger partial charge >= 0.3 is 0 Å². The second kappa shape index (κ2) is 4.44. The maximum atomic E-state index is 11.0. The molecule has 0 aliphatic carbocycles. The predicted octanol–water partition coefficient (Wildman–Crippen LogP) is 0.893. The summed E-state index contributed by atoms with van der Waals surface area (Å²) in [5, 5.41) is 2.45. The first-order chi connectivity index (χ1) is 5.17. The molecule has 0 aromatic heterocycles. The van der Waals surface area contributed by atoms with E-state index in [1.165, 1.54) is 0 Å². The van der Waals surface area contributed by atoms with Crippen LogP contribution in [-0.2, 0) is 4.79 Å². The fourth-order valence-corrected chi connectivity index (χ4v) is 0.591. The van der Waals surface area contributed by atoms with Gasteiger partial charge in [0.05, 0.1) is 0 Å². The number of hydrogen-bond acceptors (Lipinski definition) is 2. The van der Waals surface area contributed by atoms with Crippen LogP contribution >= 0.6 is 0 Å². The highest BCUT2D eigenvalue weighted by molar-refractivity contribution is 5.94. The van der Waals surface area contributed by atoms with E-state index in [1.807, 2.05) is 0 Å². The normalized spacial score (nSPS) is 11.5. The molecule has 0 bridgehead atoms. The fourth-order valence-electron chi connectivity index (χ4n) is 0.591. The third kappa shape index (κ3) is 2.37. The summed E-state index contributed by atoms with van der Waals surface area (Å²) >= 11 is 0. The summed E-state index contributed by atoms with van der Waals surface area (Å²) in [5.41, 5.74) is 1.04. The van der Waals surface area contributed by atoms with Gasteiger partial charge in [0, 0.05) is 7.05 Å². The van der Waals surface area contributed by atoms with Gasteiger partial charge in [-0.05, 0) is 19.2 Å². The third-order valence-electron chi connectivity index (χ3n) is 1.28. The summed E-state index contributed by atoms with van der Waals surface area (Å²) < 4.78 is 0. The lowest BCUT2D eigenvalue weighted by Gasteiger charge is -2.00. The Labute approximate surface area is 66.5 Å². The van der Waals surface area contributed by atoms with Crippen LogP contribution < -0.4 is 5.32 Å². The van der Waals surface area contributed by atoms with Crippen molar-refractivity contribution < 1.29 is 4.79 Å². The van der Waals surface area contributed by atoms with Crippen LogP contribution in [-0.4, -0.2) is 19.7 Å². The summed E-state index contributed by atoms with van der Waals surface area (Å²) in [6.45, 7) is 8.56. The molecule has 0 aliphatic heterocycles. The van der Waals surface area contributed by atoms with Crippen molar-refractivity contribution in [3.63, 3.8) is 0 Å². The Balaban J connectivity index is 4.78. The van der Waals surface area contributed by atoms with E-state index in [-0.39, 0.29) is 5.91 Å². The SMILES string of the molecule is C=C/C(C)=C(\N=C)C(=O)NC. The number of rotatable bonds is 3. The topological polar surface area (TPSA) is 41.5 Å². The first-order valence-corrected chi connectivity index (χ1v) is 3.19. The van der Waals surface area contributed by atoms with Gasteiger partial charge in [-0.25, -0.2) is 0 Å². The molecule has 0 radical (unpaired) electrons. The highest BCUT2D eigenvalue weighted by Gasteiger charge is 2.05. The molecule has 0 atom stereocenters. The van der Waals surface area contributed by atoms with E-state index >= 15 is 0 Å². The summed E-state index contributed by atoms with van der Waals surface area (Å²) in [6, 6.07) is 0. The molecular weight excluding hydrogens is 140 g/mol. The van der Waals surface area contributed by atoms with Gasteiger partial charge in [0.15, 0.2) is 0 Å². The van der Waals surface area contributed by atoms with E-state index in [0.29, 0.717) is 5.70 Å². The lowest BCUT2D eigenvalue weighted by atomic mass is 10.2. The van der Waals surface area contributed by atoms with Gasteiger partial charge in [-0.3, -0.25) is 9.79 Å². The maximum absolute atomic E-state index is 11.0. The van der Waals surface area contributed by atoms with Crippen molar-refractivity contribution in [2.45, 2.75) is 6.92 Å². The number of carbonyl (C=O) groups is 1. The third-order valence-corrected chi connectivity index (χ3v) is 1.28. The lowest BCUT2D eigenvalue weighted by Crippen LogP contribution is -2.19. The van der Waals surface area contributed by atoms with Crippen molar-refractivity contribution in [3.05, 3.63) is 23.9 Å². The monoisotopic (exact) mass is 152 g/mol. The minimum absolute atomic E-state index is 0.239. The number of hydrogen-bond donors (Lipinski definition) is 1. The van der Waals surface area contributed by atoms with E-state index in [0.717, 1.165) is 5.57 Å². The van der Waals surface area contributed by atoms with Crippen molar-refractivity contribution in [2.75, 3.05) is 7.05 Å². The minimum Gasteiger partial charge on any atom is -0.354 e. The molecule has 0 aromatic rings. The van der Waals surface area contributed by atoms with Crippen LogP contribution in [0, 0.1) is 0 Å². The van der Waals surface area contributed by atoms with Crippen LogP contribution in [0.25, 0.3) is 0 Å². The number of nitrogens with one attached hydrogen (secondary N) is 1. The van der Waals surface area contributed by atoms with Crippen LogP contribution in [0.5, 0.6) is 0 Å². The molecule has 0 spiro atoms. The molecule has 0 unspecified atom stereocenters. The predicted molar refractivity (Wildman–Crippen MR) is 46.5 cm³/mol. The highest BCUT2D eigenvalue weighted by atomic mass is 16.1. The average molecular weight is 152 g/mol. The molecule has 0 heterocycles. The van der Waals surface area contributed by atoms with E-state index in [2.05, 4.69) is 23.6 Å². The Kier molecular flexibility index (Phi) is 3.88.